The van der Waals surface area contributed by atoms with Gasteiger partial charge in [-0.3, -0.25) is 20.0 Å². The molecule has 116 valence electrons. The monoisotopic (exact) mass is 355 g/mol. The molecule has 1 unspecified atom stereocenters. The number of carbonyl (C=O) groups is 1. The summed E-state index contributed by atoms with van der Waals surface area (Å²) in [6.45, 7) is -0.400. The van der Waals surface area contributed by atoms with Gasteiger partial charge in [0.15, 0.2) is 18.5 Å². The van der Waals surface area contributed by atoms with Crippen LogP contribution in [-0.4, -0.2) is 51.8 Å². The van der Waals surface area contributed by atoms with Gasteiger partial charge in [-0.25, -0.2) is 4.98 Å². The Balaban J connectivity index is -0.00000110. The Morgan fingerprint density at radius 1 is 1.45 bits per heavy atom. The summed E-state index contributed by atoms with van der Waals surface area (Å²) in [5, 5.41) is 2.48. The molecule has 2 heterocycles. The van der Waals surface area contributed by atoms with Gasteiger partial charge in [0, 0.05) is 0 Å². The number of hydrogen-bond acceptors (Lipinski definition) is 7. The Bertz CT molecular complexity index is 549. The first-order valence-electron chi connectivity index (χ1n) is 5.45. The molecule has 1 aromatic heterocycles. The van der Waals surface area contributed by atoms with Crippen molar-refractivity contribution in [1.82, 2.24) is 15.3 Å². The molecule has 1 aromatic rings. The molecule has 1 atom stereocenters. The zero-order valence-electron chi connectivity index (χ0n) is 14.2. The van der Waals surface area contributed by atoms with Gasteiger partial charge in [-0.15, -0.1) is 0 Å². The molecule has 0 spiro atoms. The molecule has 0 bridgehead atoms. The number of nitrogens with one attached hydrogen (secondary N) is 2. The third kappa shape index (κ3) is 6.19. The van der Waals surface area contributed by atoms with E-state index in [0.29, 0.717) is 5.82 Å². The average molecular weight is 355 g/mol. The number of hydrogen-bond donors (Lipinski definition) is 5. The van der Waals surface area contributed by atoms with E-state index in [0.717, 1.165) is 0 Å². The molecule has 1 aliphatic rings. The minimum absolute atomic E-state index is 0. The van der Waals surface area contributed by atoms with E-state index < -0.39 is 20.2 Å². The van der Waals surface area contributed by atoms with Gasteiger partial charge in [-0.2, -0.15) is 0 Å². The second-order valence-electron chi connectivity index (χ2n) is 3.94. The largest absolute Gasteiger partial charge is 1.00 e. The third-order valence-corrected chi connectivity index (χ3v) is 2.91. The van der Waals surface area contributed by atoms with Crippen molar-refractivity contribution in [1.29, 1.82) is 0 Å². The summed E-state index contributed by atoms with van der Waals surface area (Å²) in [5.74, 6) is -0.0461. The van der Waals surface area contributed by atoms with Crippen LogP contribution in [0.4, 0.5) is 5.82 Å². The van der Waals surface area contributed by atoms with Gasteiger partial charge in [-0.1, -0.05) is 0 Å². The predicted octanol–water partition coefficient (Wildman–Crippen LogP) is -7.48. The molecule has 11 nitrogen and oxygen atoms in total. The number of H-pyrrole nitrogens is 1. The van der Waals surface area contributed by atoms with Crippen molar-refractivity contribution in [2.24, 2.45) is 5.73 Å². The van der Waals surface area contributed by atoms with Gasteiger partial charge in [0.2, 0.25) is 0 Å². The van der Waals surface area contributed by atoms with Gasteiger partial charge in [0.1, 0.15) is 19.2 Å². The molecule has 0 radical (unpaired) electrons. The van der Waals surface area contributed by atoms with E-state index in [1.54, 1.807) is 0 Å². The molecule has 0 aliphatic carbocycles. The quantitative estimate of drug-likeness (QED) is 0.144. The number of rotatable bonds is 6. The smallest absolute Gasteiger partial charge is 1.00 e. The molecule has 6 N–H and O–H groups in total. The number of nitrogens with two attached hydrogens (primary N) is 1. The first-order chi connectivity index (χ1) is 9.38. The van der Waals surface area contributed by atoms with Crippen LogP contribution >= 0.6 is 7.60 Å². The van der Waals surface area contributed by atoms with Crippen molar-refractivity contribution in [2.45, 2.75) is 6.29 Å². The molecule has 0 saturated heterocycles. The van der Waals surface area contributed by atoms with E-state index in [1.807, 2.05) is 0 Å². The fourth-order valence-corrected chi connectivity index (χ4v) is 1.89. The van der Waals surface area contributed by atoms with Crippen molar-refractivity contribution < 1.29 is 90.6 Å². The van der Waals surface area contributed by atoms with Gasteiger partial charge in [0.25, 0.3) is 5.91 Å². The molecule has 22 heavy (non-hydrogen) atoms. The predicted molar refractivity (Wildman–Crippen MR) is 67.5 cm³/mol. The van der Waals surface area contributed by atoms with E-state index in [9.17, 15) is 9.36 Å². The van der Waals surface area contributed by atoms with Crippen molar-refractivity contribution in [3.8, 4) is 0 Å². The summed E-state index contributed by atoms with van der Waals surface area (Å²) in [7, 11) is -4.22. The minimum Gasteiger partial charge on any atom is -1.00 e. The Labute approximate surface area is 173 Å². The number of amides is 1. The van der Waals surface area contributed by atoms with Crippen LogP contribution < -0.4 is 75.1 Å². The maximum Gasteiger partial charge on any atom is 1.00 e. The number of imidazole rings is 1. The average Bonchev–Trinajstić information content (AvgIpc) is 2.80. The summed E-state index contributed by atoms with van der Waals surface area (Å²) in [6.07, 6.45) is -0.205. The van der Waals surface area contributed by atoms with Gasteiger partial charge < -0.3 is 32.4 Å². The summed E-state index contributed by atoms with van der Waals surface area (Å²) >= 11 is 0. The summed E-state index contributed by atoms with van der Waals surface area (Å²) in [4.78, 5) is 36.8. The zero-order valence-corrected chi connectivity index (χ0v) is 17.1. The first-order valence-corrected chi connectivity index (χ1v) is 7.25. The van der Waals surface area contributed by atoms with Crippen molar-refractivity contribution in [3.63, 3.8) is 0 Å². The van der Waals surface area contributed by atoms with Crippen LogP contribution in [0.1, 0.15) is 13.3 Å². The number of fused-ring (bicyclic) bond motifs is 1. The van der Waals surface area contributed by atoms with Crippen LogP contribution in [0.5, 0.6) is 0 Å². The zero-order chi connectivity index (χ0) is 14.8. The van der Waals surface area contributed by atoms with Crippen molar-refractivity contribution in [2.75, 3.05) is 24.8 Å². The molecule has 1 amide bonds. The Morgan fingerprint density at radius 2 is 2.14 bits per heavy atom. The minimum atomic E-state index is -4.22. The molecule has 2 rings (SSSR count). The fourth-order valence-electron chi connectivity index (χ4n) is 1.58. The Hall–Kier alpha value is 0.510. The van der Waals surface area contributed by atoms with Crippen LogP contribution in [0, 0.1) is 0 Å². The normalized spacial score (nSPS) is 17.1. The van der Waals surface area contributed by atoms with Gasteiger partial charge in [0.05, 0.1) is 6.33 Å². The number of carbonyl (C=O) groups excluding carboxylic acids is 1. The molecule has 0 fully saturated rings. The summed E-state index contributed by atoms with van der Waals surface area (Å²) < 4.78 is 20.3. The maximum absolute atomic E-state index is 11.5. The molecule has 0 aromatic carbocycles. The SMILES string of the molecule is NC1NC(=O)c2[nH]cnc2N1COCOCP(=O)(O)O.[H-].[H-].[Na+].[Na+]. The molecule has 1 aliphatic heterocycles. The first kappa shape index (κ1) is 22.5. The van der Waals surface area contributed by atoms with Crippen LogP contribution in [0.3, 0.4) is 0 Å². The second-order valence-corrected chi connectivity index (χ2v) is 5.53. The summed E-state index contributed by atoms with van der Waals surface area (Å²) in [6, 6.07) is 0. The van der Waals surface area contributed by atoms with E-state index >= 15 is 0 Å². The Morgan fingerprint density at radius 3 is 2.77 bits per heavy atom. The van der Waals surface area contributed by atoms with Gasteiger partial charge >= 0.3 is 66.7 Å². The van der Waals surface area contributed by atoms with E-state index in [-0.39, 0.29) is 87.1 Å². The maximum atomic E-state index is 11.5. The topological polar surface area (TPSA) is 163 Å². The van der Waals surface area contributed by atoms with Gasteiger partial charge in [-0.05, 0) is 0 Å². The number of anilines is 1. The van der Waals surface area contributed by atoms with E-state index in [1.165, 1.54) is 11.2 Å². The summed E-state index contributed by atoms with van der Waals surface area (Å²) in [5.41, 5.74) is 5.98. The number of aromatic nitrogens is 2. The van der Waals surface area contributed by atoms with Crippen LogP contribution in [0.25, 0.3) is 0 Å². The van der Waals surface area contributed by atoms with Crippen molar-refractivity contribution in [3.05, 3.63) is 12.0 Å². The molecular weight excluding hydrogens is 339 g/mol. The van der Waals surface area contributed by atoms with Crippen LogP contribution in [-0.2, 0) is 14.0 Å². The molecule has 14 heteroatoms. The number of aromatic amines is 1. The fraction of sp³-hybridized carbons (Fsp3) is 0.500. The molecular formula is C8H16N5Na2O6P. The van der Waals surface area contributed by atoms with E-state index in [4.69, 9.17) is 20.3 Å². The van der Waals surface area contributed by atoms with Crippen LogP contribution in [0.2, 0.25) is 0 Å². The molecule has 0 saturated carbocycles. The standard InChI is InChI=1S/C8H14N5O6P.2Na.2H/c9-8-12-7(14)5-6(11-1-10-5)13(8)2-18-3-19-4-20(15,16)17;;;;/h1,8H,2-4,9H2,(H,10,11)(H,12,14)(H2,15,16,17);;;;/q;2*+1;2*-1. The third-order valence-electron chi connectivity index (χ3n) is 2.39. The number of nitrogens with zero attached hydrogens (tertiary/aromatic N) is 2. The van der Waals surface area contributed by atoms with E-state index in [2.05, 4.69) is 20.0 Å². The Kier molecular flexibility index (Phi) is 9.95. The number of ether oxygens (including phenoxy) is 2. The van der Waals surface area contributed by atoms with Crippen LogP contribution in [0.15, 0.2) is 6.33 Å². The second kappa shape index (κ2) is 9.72. The van der Waals surface area contributed by atoms with Crippen molar-refractivity contribution >= 4 is 19.3 Å².